The lowest BCUT2D eigenvalue weighted by Gasteiger charge is -2.29. The van der Waals surface area contributed by atoms with E-state index in [2.05, 4.69) is 15.0 Å². The first-order valence-corrected chi connectivity index (χ1v) is 12.8. The van der Waals surface area contributed by atoms with Crippen LogP contribution in [0, 0.1) is 5.82 Å². The number of ether oxygens (including phenoxy) is 2. The molecule has 3 aromatic rings. The number of aliphatic hydroxyl groups is 1. The molecule has 2 amide bonds. The van der Waals surface area contributed by atoms with Crippen LogP contribution < -0.4 is 19.7 Å². The van der Waals surface area contributed by atoms with Crippen LogP contribution in [0.5, 0.6) is 17.5 Å². The molecule has 2 heterocycles. The predicted molar refractivity (Wildman–Crippen MR) is 139 cm³/mol. The molecule has 41 heavy (non-hydrogen) atoms. The summed E-state index contributed by atoms with van der Waals surface area (Å²) < 4.78 is 63.4. The Labute approximate surface area is 233 Å². The molecule has 10 nitrogen and oxygen atoms in total. The van der Waals surface area contributed by atoms with Gasteiger partial charge in [-0.2, -0.15) is 4.98 Å². The minimum Gasteiger partial charge on any atom is -0.425 e. The number of aliphatic hydroxyl groups excluding tert-OH is 1. The van der Waals surface area contributed by atoms with E-state index in [0.717, 1.165) is 17.0 Å². The third kappa shape index (κ3) is 7.73. The number of nitrogens with one attached hydrogen (secondary N) is 1. The quantitative estimate of drug-likeness (QED) is 0.351. The van der Waals surface area contributed by atoms with Gasteiger partial charge in [0.05, 0.1) is 6.54 Å². The fraction of sp³-hybridized carbons (Fsp3) is 0.370. The molecular weight excluding hydrogens is 550 g/mol. The van der Waals surface area contributed by atoms with Crippen molar-refractivity contribution in [2.75, 3.05) is 44.2 Å². The third-order valence-electron chi connectivity index (χ3n) is 6.20. The van der Waals surface area contributed by atoms with Crippen molar-refractivity contribution in [1.29, 1.82) is 0 Å². The maximum atomic E-state index is 14.0. The molecule has 2 N–H and O–H groups in total. The van der Waals surface area contributed by atoms with E-state index in [9.17, 15) is 32.3 Å². The first kappa shape index (κ1) is 29.8. The van der Waals surface area contributed by atoms with Crippen molar-refractivity contribution < 1.29 is 41.7 Å². The molecule has 14 heteroatoms. The van der Waals surface area contributed by atoms with E-state index in [1.54, 1.807) is 0 Å². The van der Waals surface area contributed by atoms with Gasteiger partial charge in [-0.05, 0) is 36.2 Å². The number of carbonyl (C=O) groups excluding carboxylic acids is 2. The van der Waals surface area contributed by atoms with Gasteiger partial charge in [-0.15, -0.1) is 13.2 Å². The summed E-state index contributed by atoms with van der Waals surface area (Å²) in [4.78, 5) is 33.9. The van der Waals surface area contributed by atoms with Gasteiger partial charge in [0, 0.05) is 52.3 Å². The fourth-order valence-corrected chi connectivity index (χ4v) is 4.32. The Kier molecular flexibility index (Phi) is 9.45. The van der Waals surface area contributed by atoms with Crippen LogP contribution in [-0.4, -0.2) is 77.1 Å². The lowest BCUT2D eigenvalue weighted by molar-refractivity contribution is -0.274. The molecule has 0 bridgehead atoms. The molecule has 0 spiro atoms. The van der Waals surface area contributed by atoms with E-state index in [1.165, 1.54) is 47.9 Å². The molecule has 0 radical (unpaired) electrons. The second kappa shape index (κ2) is 13.0. The van der Waals surface area contributed by atoms with Crippen molar-refractivity contribution in [3.05, 3.63) is 65.6 Å². The average molecular weight is 580 g/mol. The molecule has 220 valence electrons. The Balaban J connectivity index is 1.84. The number of benzene rings is 2. The van der Waals surface area contributed by atoms with Gasteiger partial charge in [-0.1, -0.05) is 18.2 Å². The summed E-state index contributed by atoms with van der Waals surface area (Å²) in [7, 11) is 0. The minimum atomic E-state index is -4.92. The Morgan fingerprint density at radius 3 is 2.41 bits per heavy atom. The van der Waals surface area contributed by atoms with E-state index in [1.807, 2.05) is 4.90 Å². The van der Waals surface area contributed by atoms with Crippen LogP contribution in [0.15, 0.2) is 48.5 Å². The van der Waals surface area contributed by atoms with Gasteiger partial charge in [-0.25, -0.2) is 4.39 Å². The topological polar surface area (TPSA) is 109 Å². The summed E-state index contributed by atoms with van der Waals surface area (Å²) in [5.74, 6) is -2.07. The second-order valence-corrected chi connectivity index (χ2v) is 9.19. The summed E-state index contributed by atoms with van der Waals surface area (Å²) in [6.45, 7) is 3.00. The highest BCUT2D eigenvalue weighted by molar-refractivity contribution is 6.06. The monoisotopic (exact) mass is 579 g/mol. The summed E-state index contributed by atoms with van der Waals surface area (Å²) in [6.07, 6.45) is -4.77. The number of hydrogen-bond donors (Lipinski definition) is 2. The van der Waals surface area contributed by atoms with Crippen LogP contribution >= 0.6 is 0 Å². The number of imidazole rings is 1. The zero-order valence-corrected chi connectivity index (χ0v) is 22.2. The molecule has 0 aliphatic carbocycles. The molecule has 1 fully saturated rings. The Morgan fingerprint density at radius 1 is 1.10 bits per heavy atom. The molecule has 1 aromatic heterocycles. The van der Waals surface area contributed by atoms with Crippen molar-refractivity contribution in [3.63, 3.8) is 0 Å². The van der Waals surface area contributed by atoms with Crippen molar-refractivity contribution >= 4 is 17.6 Å². The maximum absolute atomic E-state index is 14.0. The lowest BCUT2D eigenvalue weighted by Crippen LogP contribution is -2.45. The zero-order valence-electron chi connectivity index (χ0n) is 22.2. The predicted octanol–water partition coefficient (Wildman–Crippen LogP) is 3.54. The number of nitrogens with zero attached hydrogens (tertiary/aromatic N) is 4. The maximum Gasteiger partial charge on any atom is 0.573 e. The standard InChI is InChI=1S/C27H29F4N5O5/c1-18(38)35(12-3-15-37)25(39)23-24(34-13-10-32-11-14-34)33-26(36(23)17-19-6-8-20(28)9-7-19)40-21-4-2-5-22(16-21)41-27(29,30)31/h2,4-9,16,32,37H,3,10-15,17H2,1H3. The van der Waals surface area contributed by atoms with E-state index >= 15 is 0 Å². The summed E-state index contributed by atoms with van der Waals surface area (Å²) in [5.41, 5.74) is 0.565. The first-order chi connectivity index (χ1) is 19.6. The number of hydrogen-bond acceptors (Lipinski definition) is 8. The highest BCUT2D eigenvalue weighted by Gasteiger charge is 2.34. The third-order valence-corrected chi connectivity index (χ3v) is 6.20. The summed E-state index contributed by atoms with van der Waals surface area (Å²) in [5, 5.41) is 12.5. The fourth-order valence-electron chi connectivity index (χ4n) is 4.32. The lowest BCUT2D eigenvalue weighted by atomic mass is 10.2. The number of amides is 2. The number of imide groups is 1. The second-order valence-electron chi connectivity index (χ2n) is 9.19. The van der Waals surface area contributed by atoms with Crippen molar-refractivity contribution in [3.8, 4) is 17.5 Å². The van der Waals surface area contributed by atoms with E-state index < -0.39 is 29.7 Å². The SMILES string of the molecule is CC(=O)N(CCCO)C(=O)c1c(N2CCNCC2)nc(Oc2cccc(OC(F)(F)F)c2)n1Cc1ccc(F)cc1. The first-order valence-electron chi connectivity index (χ1n) is 12.8. The molecule has 0 unspecified atom stereocenters. The number of carbonyl (C=O) groups is 2. The number of halogens is 4. The van der Waals surface area contributed by atoms with Gasteiger partial charge in [0.2, 0.25) is 5.91 Å². The number of alkyl halides is 3. The average Bonchev–Trinajstić information content (AvgIpc) is 3.27. The number of rotatable bonds is 10. The minimum absolute atomic E-state index is 0.00191. The van der Waals surface area contributed by atoms with Crippen LogP contribution in [-0.2, 0) is 11.3 Å². The Bertz CT molecular complexity index is 1360. The van der Waals surface area contributed by atoms with Gasteiger partial charge < -0.3 is 24.8 Å². The van der Waals surface area contributed by atoms with Gasteiger partial charge in [0.25, 0.3) is 5.91 Å². The van der Waals surface area contributed by atoms with E-state index in [4.69, 9.17) is 4.74 Å². The van der Waals surface area contributed by atoms with Crippen LogP contribution in [0.4, 0.5) is 23.4 Å². The van der Waals surface area contributed by atoms with Crippen LogP contribution in [0.2, 0.25) is 0 Å². The molecular formula is C27H29F4N5O5. The Hall–Kier alpha value is -4.17. The Morgan fingerprint density at radius 2 is 1.78 bits per heavy atom. The number of piperazine rings is 1. The van der Waals surface area contributed by atoms with Crippen LogP contribution in [0.25, 0.3) is 0 Å². The number of anilines is 1. The normalized spacial score (nSPS) is 13.7. The molecule has 1 aliphatic heterocycles. The van der Waals surface area contributed by atoms with Gasteiger partial charge in [0.15, 0.2) is 11.5 Å². The highest BCUT2D eigenvalue weighted by Crippen LogP contribution is 2.34. The molecule has 0 saturated carbocycles. The number of aromatic nitrogens is 2. The summed E-state index contributed by atoms with van der Waals surface area (Å²) >= 11 is 0. The molecule has 1 aliphatic rings. The van der Waals surface area contributed by atoms with Crippen molar-refractivity contribution in [1.82, 2.24) is 19.8 Å². The van der Waals surface area contributed by atoms with E-state index in [0.29, 0.717) is 31.7 Å². The summed E-state index contributed by atoms with van der Waals surface area (Å²) in [6, 6.07) is 10.2. The molecule has 4 rings (SSSR count). The molecule has 1 saturated heterocycles. The van der Waals surface area contributed by atoms with Crippen molar-refractivity contribution in [2.45, 2.75) is 26.3 Å². The zero-order chi connectivity index (χ0) is 29.6. The van der Waals surface area contributed by atoms with Gasteiger partial charge in [0.1, 0.15) is 17.3 Å². The largest absolute Gasteiger partial charge is 0.573 e. The van der Waals surface area contributed by atoms with Crippen LogP contribution in [0.3, 0.4) is 0 Å². The molecule has 0 atom stereocenters. The van der Waals surface area contributed by atoms with Gasteiger partial charge >= 0.3 is 12.4 Å². The van der Waals surface area contributed by atoms with Gasteiger partial charge in [-0.3, -0.25) is 19.1 Å². The van der Waals surface area contributed by atoms with Crippen LogP contribution in [0.1, 0.15) is 29.4 Å². The van der Waals surface area contributed by atoms with E-state index in [-0.39, 0.29) is 49.4 Å². The molecule has 2 aromatic carbocycles. The van der Waals surface area contributed by atoms with Crippen molar-refractivity contribution in [2.24, 2.45) is 0 Å². The highest BCUT2D eigenvalue weighted by atomic mass is 19.4. The smallest absolute Gasteiger partial charge is 0.425 e.